The molecular weight excluding hydrogens is 290 g/mol. The van der Waals surface area contributed by atoms with E-state index in [1.165, 1.54) is 5.56 Å². The summed E-state index contributed by atoms with van der Waals surface area (Å²) in [7, 11) is 1.31. The maximum atomic E-state index is 9.40. The van der Waals surface area contributed by atoms with Crippen LogP contribution in [0.25, 0.3) is 0 Å². The van der Waals surface area contributed by atoms with Gasteiger partial charge in [-0.15, -0.1) is 0 Å². The van der Waals surface area contributed by atoms with Crippen LogP contribution < -0.4 is 5.73 Å². The third-order valence-corrected chi connectivity index (χ3v) is 1.87. The second kappa shape index (κ2) is 5.58. The molecule has 0 amide bonds. The van der Waals surface area contributed by atoms with E-state index in [0.717, 1.165) is 16.4 Å². The number of hydrogen-bond acceptors (Lipinski definition) is 3. The molecule has 1 aromatic rings. The van der Waals surface area contributed by atoms with Gasteiger partial charge in [0.25, 0.3) is 0 Å². The quantitative estimate of drug-likeness (QED) is 0.591. The number of halogens is 2. The Morgan fingerprint density at radius 1 is 1.43 bits per heavy atom. The van der Waals surface area contributed by atoms with Crippen LogP contribution in [-0.2, 0) is 9.05 Å². The lowest BCUT2D eigenvalue weighted by Crippen LogP contribution is -1.85. The van der Waals surface area contributed by atoms with E-state index in [1.54, 1.807) is 0 Å². The van der Waals surface area contributed by atoms with Gasteiger partial charge < -0.3 is 5.73 Å². The van der Waals surface area contributed by atoms with Gasteiger partial charge in [0, 0.05) is 20.8 Å². The van der Waals surface area contributed by atoms with Gasteiger partial charge in [-0.05, 0) is 40.5 Å². The zero-order valence-electron chi connectivity index (χ0n) is 7.79. The molecule has 1 aromatic carbocycles. The molecule has 0 aliphatic carbocycles. The van der Waals surface area contributed by atoms with Gasteiger partial charge >= 0.3 is 0 Å². The Hall–Kier alpha value is -0.260. The molecular formula is C8H11BrClNO2S. The number of anilines is 1. The first-order valence-electron chi connectivity index (χ1n) is 3.61. The molecule has 1 rings (SSSR count). The normalized spacial score (nSPS) is 10.3. The van der Waals surface area contributed by atoms with Gasteiger partial charge in [-0.25, -0.2) is 8.42 Å². The van der Waals surface area contributed by atoms with Crippen molar-refractivity contribution in [2.75, 3.05) is 12.0 Å². The van der Waals surface area contributed by atoms with Gasteiger partial charge in [-0.2, -0.15) is 0 Å². The van der Waals surface area contributed by atoms with Gasteiger partial charge in [0.15, 0.2) is 0 Å². The summed E-state index contributed by atoms with van der Waals surface area (Å²) in [5.41, 5.74) is 7.57. The molecule has 14 heavy (non-hydrogen) atoms. The van der Waals surface area contributed by atoms with Gasteiger partial charge in [-0.1, -0.05) is 6.07 Å². The van der Waals surface area contributed by atoms with Gasteiger partial charge in [-0.3, -0.25) is 0 Å². The molecule has 0 saturated carbocycles. The number of benzene rings is 1. The molecule has 0 heterocycles. The summed E-state index contributed by atoms with van der Waals surface area (Å²) < 4.78 is 19.8. The van der Waals surface area contributed by atoms with Crippen molar-refractivity contribution in [1.82, 2.24) is 0 Å². The Bertz CT molecular complexity index is 398. The molecule has 0 atom stereocenters. The SMILES string of the molecule is CS(=O)(=O)Cl.Cc1ccc(Br)c(N)c1. The van der Waals surface area contributed by atoms with Crippen LogP contribution >= 0.6 is 26.6 Å². The minimum absolute atomic E-state index is 0.801. The second-order valence-corrected chi connectivity index (χ2v) is 6.61. The van der Waals surface area contributed by atoms with Gasteiger partial charge in [0.05, 0.1) is 6.26 Å². The summed E-state index contributed by atoms with van der Waals surface area (Å²) in [6, 6.07) is 5.90. The first-order chi connectivity index (χ1) is 6.20. The molecule has 0 aliphatic heterocycles. The van der Waals surface area contributed by atoms with Crippen molar-refractivity contribution in [3.8, 4) is 0 Å². The number of nitrogens with two attached hydrogens (primary N) is 1. The first kappa shape index (κ1) is 13.7. The molecule has 0 saturated heterocycles. The van der Waals surface area contributed by atoms with Crippen LogP contribution in [0.1, 0.15) is 5.56 Å². The number of rotatable bonds is 0. The van der Waals surface area contributed by atoms with Crippen LogP contribution in [0, 0.1) is 6.92 Å². The zero-order chi connectivity index (χ0) is 11.4. The number of nitrogen functional groups attached to an aromatic ring is 1. The lowest BCUT2D eigenvalue weighted by molar-refractivity contribution is 0.615. The summed E-state index contributed by atoms with van der Waals surface area (Å²) in [6.45, 7) is 2.02. The highest BCUT2D eigenvalue weighted by molar-refractivity contribution is 9.10. The third-order valence-electron chi connectivity index (χ3n) is 1.15. The van der Waals surface area contributed by atoms with E-state index in [9.17, 15) is 8.42 Å². The average molecular weight is 301 g/mol. The molecule has 2 N–H and O–H groups in total. The van der Waals surface area contributed by atoms with Crippen LogP contribution in [0.15, 0.2) is 22.7 Å². The van der Waals surface area contributed by atoms with Crippen LogP contribution in [-0.4, -0.2) is 14.7 Å². The smallest absolute Gasteiger partial charge is 0.229 e. The molecule has 0 aromatic heterocycles. The molecule has 0 unspecified atom stereocenters. The molecule has 3 nitrogen and oxygen atoms in total. The zero-order valence-corrected chi connectivity index (χ0v) is 10.9. The largest absolute Gasteiger partial charge is 0.398 e. The lowest BCUT2D eigenvalue weighted by atomic mass is 10.2. The summed E-state index contributed by atoms with van der Waals surface area (Å²) in [4.78, 5) is 0. The van der Waals surface area contributed by atoms with Crippen LogP contribution in [0.2, 0.25) is 0 Å². The third kappa shape index (κ3) is 8.34. The highest BCUT2D eigenvalue weighted by Gasteiger charge is 1.91. The summed E-state index contributed by atoms with van der Waals surface area (Å²) in [5, 5.41) is 0. The Kier molecular flexibility index (Phi) is 5.48. The number of aryl methyl sites for hydroxylation is 1. The lowest BCUT2D eigenvalue weighted by Gasteiger charge is -1.96. The maximum Gasteiger partial charge on any atom is 0.229 e. The van der Waals surface area contributed by atoms with Crippen molar-refractivity contribution >= 4 is 41.4 Å². The van der Waals surface area contributed by atoms with Gasteiger partial charge in [0.1, 0.15) is 0 Å². The van der Waals surface area contributed by atoms with Crippen molar-refractivity contribution in [2.24, 2.45) is 0 Å². The fourth-order valence-electron chi connectivity index (χ4n) is 0.663. The molecule has 80 valence electrons. The molecule has 0 bridgehead atoms. The molecule has 0 fully saturated rings. The molecule has 0 spiro atoms. The summed E-state index contributed by atoms with van der Waals surface area (Å²) in [6.07, 6.45) is 0.925. The Morgan fingerprint density at radius 3 is 2.14 bits per heavy atom. The summed E-state index contributed by atoms with van der Waals surface area (Å²) in [5.74, 6) is 0. The van der Waals surface area contributed by atoms with E-state index in [4.69, 9.17) is 5.73 Å². The van der Waals surface area contributed by atoms with Crippen LogP contribution in [0.3, 0.4) is 0 Å². The standard InChI is InChI=1S/C7H8BrN.CH3ClO2S/c1-5-2-3-6(8)7(9)4-5;1-5(2,3)4/h2-4H,9H2,1H3;1H3. The van der Waals surface area contributed by atoms with E-state index in [2.05, 4.69) is 26.6 Å². The minimum atomic E-state index is -3.19. The fourth-order valence-corrected chi connectivity index (χ4v) is 0.910. The fraction of sp³-hybridized carbons (Fsp3) is 0.250. The predicted molar refractivity (Wildman–Crippen MR) is 64.0 cm³/mol. The van der Waals surface area contributed by atoms with E-state index in [-0.39, 0.29) is 0 Å². The first-order valence-corrected chi connectivity index (χ1v) is 7.12. The van der Waals surface area contributed by atoms with E-state index in [0.29, 0.717) is 0 Å². The highest BCUT2D eigenvalue weighted by Crippen LogP contribution is 2.19. The van der Waals surface area contributed by atoms with E-state index >= 15 is 0 Å². The van der Waals surface area contributed by atoms with Crippen molar-refractivity contribution < 1.29 is 8.42 Å². The Labute approximate surface area is 96.8 Å². The van der Waals surface area contributed by atoms with Gasteiger partial charge in [0.2, 0.25) is 9.05 Å². The Balaban J connectivity index is 0.000000292. The van der Waals surface area contributed by atoms with Crippen molar-refractivity contribution in [3.63, 3.8) is 0 Å². The summed E-state index contributed by atoms with van der Waals surface area (Å²) >= 11 is 3.30. The average Bonchev–Trinajstić information content (AvgIpc) is 1.94. The molecule has 0 radical (unpaired) electrons. The Morgan fingerprint density at radius 2 is 1.86 bits per heavy atom. The van der Waals surface area contributed by atoms with Crippen LogP contribution in [0.4, 0.5) is 5.69 Å². The van der Waals surface area contributed by atoms with E-state index < -0.39 is 9.05 Å². The van der Waals surface area contributed by atoms with Crippen molar-refractivity contribution in [3.05, 3.63) is 28.2 Å². The molecule has 0 aliphatic rings. The second-order valence-electron chi connectivity index (χ2n) is 2.71. The van der Waals surface area contributed by atoms with Crippen molar-refractivity contribution in [2.45, 2.75) is 6.92 Å². The van der Waals surface area contributed by atoms with Crippen molar-refractivity contribution in [1.29, 1.82) is 0 Å². The predicted octanol–water partition coefficient (Wildman–Crippen LogP) is 2.52. The highest BCUT2D eigenvalue weighted by atomic mass is 79.9. The topological polar surface area (TPSA) is 60.2 Å². The van der Waals surface area contributed by atoms with E-state index in [1.807, 2.05) is 25.1 Å². The monoisotopic (exact) mass is 299 g/mol. The maximum absolute atomic E-state index is 9.40. The minimum Gasteiger partial charge on any atom is -0.398 e. The van der Waals surface area contributed by atoms with Crippen LogP contribution in [0.5, 0.6) is 0 Å². The molecule has 6 heteroatoms. The number of hydrogen-bond donors (Lipinski definition) is 1.